The third-order valence-electron chi connectivity index (χ3n) is 2.89. The van der Waals surface area contributed by atoms with Crippen molar-refractivity contribution in [1.82, 2.24) is 4.98 Å². The molecular formula is C15H16F3N. The molecule has 0 amide bonds. The molecule has 19 heavy (non-hydrogen) atoms. The van der Waals surface area contributed by atoms with Gasteiger partial charge in [-0.25, -0.2) is 0 Å². The second-order valence-corrected chi connectivity index (χ2v) is 5.09. The zero-order valence-corrected chi connectivity index (χ0v) is 10.9. The van der Waals surface area contributed by atoms with E-state index < -0.39 is 11.7 Å². The van der Waals surface area contributed by atoms with Crippen molar-refractivity contribution in [2.45, 2.75) is 26.4 Å². The number of hydrogen-bond donors (Lipinski definition) is 1. The molecule has 1 aromatic carbocycles. The minimum Gasteiger partial charge on any atom is -0.364 e. The summed E-state index contributed by atoms with van der Waals surface area (Å²) in [6.45, 7) is 4.20. The fourth-order valence-electron chi connectivity index (χ4n) is 2.04. The summed E-state index contributed by atoms with van der Waals surface area (Å²) >= 11 is 0. The second kappa shape index (κ2) is 5.11. The highest BCUT2D eigenvalue weighted by Gasteiger charge is 2.30. The summed E-state index contributed by atoms with van der Waals surface area (Å²) in [7, 11) is 0. The monoisotopic (exact) mass is 267 g/mol. The summed E-state index contributed by atoms with van der Waals surface area (Å²) in [4.78, 5) is 3.11. The van der Waals surface area contributed by atoms with E-state index in [1.54, 1.807) is 12.3 Å². The van der Waals surface area contributed by atoms with Crippen LogP contribution in [-0.2, 0) is 12.6 Å². The Morgan fingerprint density at radius 1 is 1.11 bits per heavy atom. The van der Waals surface area contributed by atoms with E-state index in [1.165, 1.54) is 12.1 Å². The fourth-order valence-corrected chi connectivity index (χ4v) is 2.04. The third kappa shape index (κ3) is 3.40. The van der Waals surface area contributed by atoms with Gasteiger partial charge in [0.25, 0.3) is 0 Å². The Morgan fingerprint density at radius 2 is 1.84 bits per heavy atom. The van der Waals surface area contributed by atoms with Gasteiger partial charge in [-0.05, 0) is 41.7 Å². The first-order valence-corrected chi connectivity index (χ1v) is 6.21. The number of H-pyrrole nitrogens is 1. The van der Waals surface area contributed by atoms with E-state index >= 15 is 0 Å². The van der Waals surface area contributed by atoms with Crippen molar-refractivity contribution in [1.29, 1.82) is 0 Å². The Hall–Kier alpha value is -1.71. The molecule has 1 nitrogen and oxygen atoms in total. The van der Waals surface area contributed by atoms with Crippen molar-refractivity contribution in [2.75, 3.05) is 0 Å². The van der Waals surface area contributed by atoms with Gasteiger partial charge in [-0.15, -0.1) is 0 Å². The molecule has 0 atom stereocenters. The first kappa shape index (κ1) is 13.7. The molecule has 0 aliphatic carbocycles. The molecule has 1 heterocycles. The van der Waals surface area contributed by atoms with Crippen LogP contribution in [0.1, 0.15) is 25.1 Å². The number of aromatic nitrogens is 1. The van der Waals surface area contributed by atoms with E-state index in [0.717, 1.165) is 23.7 Å². The molecule has 0 fully saturated rings. The number of nitrogens with one attached hydrogen (secondary N) is 1. The zero-order chi connectivity index (χ0) is 14.0. The lowest BCUT2D eigenvalue weighted by Crippen LogP contribution is -2.04. The number of rotatable bonds is 3. The Morgan fingerprint density at radius 3 is 2.47 bits per heavy atom. The molecule has 1 N–H and O–H groups in total. The largest absolute Gasteiger partial charge is 0.416 e. The van der Waals surface area contributed by atoms with E-state index in [4.69, 9.17) is 0 Å². The van der Waals surface area contributed by atoms with Crippen LogP contribution in [0.5, 0.6) is 0 Å². The minimum absolute atomic E-state index is 0.507. The molecule has 0 unspecified atom stereocenters. The molecule has 0 radical (unpaired) electrons. The maximum absolute atomic E-state index is 12.7. The van der Waals surface area contributed by atoms with Gasteiger partial charge in [-0.3, -0.25) is 0 Å². The van der Waals surface area contributed by atoms with E-state index in [9.17, 15) is 13.2 Å². The van der Waals surface area contributed by atoms with Crippen molar-refractivity contribution in [2.24, 2.45) is 5.92 Å². The number of halogens is 3. The molecule has 102 valence electrons. The van der Waals surface area contributed by atoms with E-state index in [1.807, 2.05) is 6.07 Å². The molecule has 0 spiro atoms. The van der Waals surface area contributed by atoms with Crippen LogP contribution in [0.2, 0.25) is 0 Å². The van der Waals surface area contributed by atoms with Gasteiger partial charge in [0, 0.05) is 11.9 Å². The van der Waals surface area contributed by atoms with Gasteiger partial charge in [0.2, 0.25) is 0 Å². The molecule has 4 heteroatoms. The Balaban J connectivity index is 2.29. The van der Waals surface area contributed by atoms with Crippen LogP contribution < -0.4 is 0 Å². The summed E-state index contributed by atoms with van der Waals surface area (Å²) in [5, 5.41) is 0. The third-order valence-corrected chi connectivity index (χ3v) is 2.89. The van der Waals surface area contributed by atoms with Crippen molar-refractivity contribution in [3.63, 3.8) is 0 Å². The van der Waals surface area contributed by atoms with Crippen LogP contribution in [0.4, 0.5) is 13.2 Å². The highest BCUT2D eigenvalue weighted by atomic mass is 19.4. The maximum atomic E-state index is 12.7. The summed E-state index contributed by atoms with van der Waals surface area (Å²) in [5.74, 6) is 0.507. The normalized spacial score (nSPS) is 12.1. The first-order chi connectivity index (χ1) is 8.86. The lowest BCUT2D eigenvalue weighted by Gasteiger charge is -2.07. The topological polar surface area (TPSA) is 15.8 Å². The summed E-state index contributed by atoms with van der Waals surface area (Å²) in [6, 6.07) is 7.31. The minimum atomic E-state index is -4.30. The number of hydrogen-bond acceptors (Lipinski definition) is 0. The van der Waals surface area contributed by atoms with Gasteiger partial charge < -0.3 is 4.98 Å². The lowest BCUT2D eigenvalue weighted by molar-refractivity contribution is -0.137. The summed E-state index contributed by atoms with van der Waals surface area (Å²) in [5.41, 5.74) is 1.81. The molecule has 2 rings (SSSR count). The summed E-state index contributed by atoms with van der Waals surface area (Å²) in [6.07, 6.45) is -1.65. The van der Waals surface area contributed by atoms with Crippen molar-refractivity contribution >= 4 is 0 Å². The Bertz CT molecular complexity index is 553. The lowest BCUT2D eigenvalue weighted by atomic mass is 10.0. The molecule has 0 aliphatic rings. The number of alkyl halides is 3. The maximum Gasteiger partial charge on any atom is 0.416 e. The van der Waals surface area contributed by atoms with Crippen LogP contribution in [0, 0.1) is 5.92 Å². The van der Waals surface area contributed by atoms with Crippen LogP contribution in [0.3, 0.4) is 0 Å². The average Bonchev–Trinajstić information content (AvgIpc) is 2.76. The van der Waals surface area contributed by atoms with Crippen molar-refractivity contribution in [3.8, 4) is 11.1 Å². The van der Waals surface area contributed by atoms with Gasteiger partial charge in [-0.2, -0.15) is 13.2 Å². The van der Waals surface area contributed by atoms with Gasteiger partial charge in [0.05, 0.1) is 5.56 Å². The van der Waals surface area contributed by atoms with Gasteiger partial charge in [0.15, 0.2) is 0 Å². The molecule has 0 saturated heterocycles. The standard InChI is InChI=1S/C15H16F3N/c1-10(2)6-14-8-12(9-19-14)11-4-3-5-13(7-11)15(16,17)18/h3-5,7-10,19H,6H2,1-2H3. The van der Waals surface area contributed by atoms with Crippen LogP contribution in [-0.4, -0.2) is 4.98 Å². The van der Waals surface area contributed by atoms with Crippen LogP contribution in [0.15, 0.2) is 36.5 Å². The molecular weight excluding hydrogens is 251 g/mol. The van der Waals surface area contributed by atoms with E-state index in [0.29, 0.717) is 11.5 Å². The van der Waals surface area contributed by atoms with Crippen LogP contribution >= 0.6 is 0 Å². The molecule has 0 saturated carbocycles. The highest BCUT2D eigenvalue weighted by Crippen LogP contribution is 2.32. The Kier molecular flexibility index (Phi) is 3.69. The van der Waals surface area contributed by atoms with Gasteiger partial charge >= 0.3 is 6.18 Å². The Labute approximate surface area is 110 Å². The fraction of sp³-hybridized carbons (Fsp3) is 0.333. The predicted molar refractivity (Wildman–Crippen MR) is 69.8 cm³/mol. The van der Waals surface area contributed by atoms with Gasteiger partial charge in [-0.1, -0.05) is 26.0 Å². The zero-order valence-electron chi connectivity index (χ0n) is 10.9. The predicted octanol–water partition coefficient (Wildman–Crippen LogP) is 4.90. The molecule has 1 aromatic heterocycles. The quantitative estimate of drug-likeness (QED) is 0.814. The smallest absolute Gasteiger partial charge is 0.364 e. The second-order valence-electron chi connectivity index (χ2n) is 5.09. The first-order valence-electron chi connectivity index (χ1n) is 6.21. The molecule has 0 aliphatic heterocycles. The number of aromatic amines is 1. The average molecular weight is 267 g/mol. The van der Waals surface area contributed by atoms with Crippen molar-refractivity contribution in [3.05, 3.63) is 47.8 Å². The van der Waals surface area contributed by atoms with Crippen molar-refractivity contribution < 1.29 is 13.2 Å². The van der Waals surface area contributed by atoms with Gasteiger partial charge in [0.1, 0.15) is 0 Å². The summed E-state index contributed by atoms with van der Waals surface area (Å²) < 4.78 is 38.0. The highest BCUT2D eigenvalue weighted by molar-refractivity contribution is 5.64. The molecule has 0 bridgehead atoms. The molecule has 2 aromatic rings. The van der Waals surface area contributed by atoms with E-state index in [-0.39, 0.29) is 0 Å². The van der Waals surface area contributed by atoms with E-state index in [2.05, 4.69) is 18.8 Å². The van der Waals surface area contributed by atoms with Crippen LogP contribution in [0.25, 0.3) is 11.1 Å². The SMILES string of the molecule is CC(C)Cc1cc(-c2cccc(C(F)(F)F)c2)c[nH]1. The number of benzene rings is 1.